The summed E-state index contributed by atoms with van der Waals surface area (Å²) in [5, 5.41) is 7.83. The van der Waals surface area contributed by atoms with E-state index in [2.05, 4.69) is 34.2 Å². The van der Waals surface area contributed by atoms with Crippen molar-refractivity contribution in [1.82, 2.24) is 20.4 Å². The number of halogens is 1. The third-order valence-electron chi connectivity index (χ3n) is 4.90. The number of nitrogens with zero attached hydrogens (tertiary/aromatic N) is 3. The van der Waals surface area contributed by atoms with Gasteiger partial charge in [-0.05, 0) is 44.9 Å². The predicted molar refractivity (Wildman–Crippen MR) is 105 cm³/mol. The first-order valence-electron chi connectivity index (χ1n) is 9.66. The normalized spacial score (nSPS) is 19.0. The summed E-state index contributed by atoms with van der Waals surface area (Å²) in [6, 6.07) is 7.62. The molecule has 0 bridgehead atoms. The van der Waals surface area contributed by atoms with Crippen molar-refractivity contribution >= 4 is 17.5 Å². The molecule has 1 saturated heterocycles. The Hall–Kier alpha value is -1.92. The lowest BCUT2D eigenvalue weighted by molar-refractivity contribution is -0.127. The van der Waals surface area contributed by atoms with Gasteiger partial charge in [-0.1, -0.05) is 42.2 Å². The topological polar surface area (TPSA) is 71.3 Å². The van der Waals surface area contributed by atoms with Crippen LogP contribution < -0.4 is 5.32 Å². The molecule has 2 unspecified atom stereocenters. The first kappa shape index (κ1) is 19.8. The second-order valence-corrected chi connectivity index (χ2v) is 7.73. The number of nitrogens with one attached hydrogen (secondary N) is 1. The molecule has 7 heteroatoms. The lowest BCUT2D eigenvalue weighted by atomic mass is 9.96. The summed E-state index contributed by atoms with van der Waals surface area (Å²) in [6.45, 7) is 6.41. The first-order chi connectivity index (χ1) is 13.0. The van der Waals surface area contributed by atoms with E-state index >= 15 is 0 Å². The SMILES string of the molecule is CCCC(C)NC(=O)C1CCCN(Cc2nc(-c3cccc(Cl)c3)no2)C1. The largest absolute Gasteiger partial charge is 0.353 e. The van der Waals surface area contributed by atoms with Crippen LogP contribution in [0.25, 0.3) is 11.4 Å². The molecular formula is C20H27ClN4O2. The van der Waals surface area contributed by atoms with Crippen LogP contribution in [0.15, 0.2) is 28.8 Å². The van der Waals surface area contributed by atoms with E-state index < -0.39 is 0 Å². The molecule has 27 heavy (non-hydrogen) atoms. The van der Waals surface area contributed by atoms with E-state index in [9.17, 15) is 4.79 Å². The van der Waals surface area contributed by atoms with E-state index in [1.165, 1.54) is 0 Å². The lowest BCUT2D eigenvalue weighted by Crippen LogP contribution is -2.45. The van der Waals surface area contributed by atoms with Gasteiger partial charge in [-0.25, -0.2) is 0 Å². The predicted octanol–water partition coefficient (Wildman–Crippen LogP) is 3.91. The molecule has 146 valence electrons. The van der Waals surface area contributed by atoms with Crippen LogP contribution in [0.3, 0.4) is 0 Å². The summed E-state index contributed by atoms with van der Waals surface area (Å²) < 4.78 is 5.41. The van der Waals surface area contributed by atoms with Crippen LogP contribution in [0.5, 0.6) is 0 Å². The summed E-state index contributed by atoms with van der Waals surface area (Å²) in [5.41, 5.74) is 0.832. The Morgan fingerprint density at radius 3 is 3.11 bits per heavy atom. The van der Waals surface area contributed by atoms with E-state index in [0.29, 0.717) is 23.3 Å². The number of likely N-dealkylation sites (tertiary alicyclic amines) is 1. The van der Waals surface area contributed by atoms with Gasteiger partial charge in [0, 0.05) is 23.2 Å². The van der Waals surface area contributed by atoms with Crippen LogP contribution in [0.4, 0.5) is 0 Å². The highest BCUT2D eigenvalue weighted by molar-refractivity contribution is 6.30. The fraction of sp³-hybridized carbons (Fsp3) is 0.550. The third-order valence-corrected chi connectivity index (χ3v) is 5.13. The van der Waals surface area contributed by atoms with Crippen LogP contribution in [-0.2, 0) is 11.3 Å². The van der Waals surface area contributed by atoms with Gasteiger partial charge in [0.2, 0.25) is 17.6 Å². The van der Waals surface area contributed by atoms with E-state index in [4.69, 9.17) is 16.1 Å². The number of hydrogen-bond acceptors (Lipinski definition) is 5. The van der Waals surface area contributed by atoms with Gasteiger partial charge in [-0.3, -0.25) is 9.69 Å². The van der Waals surface area contributed by atoms with Gasteiger partial charge < -0.3 is 9.84 Å². The first-order valence-corrected chi connectivity index (χ1v) is 10.0. The van der Waals surface area contributed by atoms with E-state index in [1.54, 1.807) is 0 Å². The number of piperidine rings is 1. The van der Waals surface area contributed by atoms with Crippen LogP contribution in [-0.4, -0.2) is 40.1 Å². The molecule has 6 nitrogen and oxygen atoms in total. The fourth-order valence-corrected chi connectivity index (χ4v) is 3.72. The number of carbonyl (C=O) groups excluding carboxylic acids is 1. The highest BCUT2D eigenvalue weighted by Gasteiger charge is 2.27. The fourth-order valence-electron chi connectivity index (χ4n) is 3.53. The molecule has 0 aliphatic carbocycles. The van der Waals surface area contributed by atoms with Crippen molar-refractivity contribution in [2.75, 3.05) is 13.1 Å². The molecule has 1 N–H and O–H groups in total. The highest BCUT2D eigenvalue weighted by atomic mass is 35.5. The van der Waals surface area contributed by atoms with Crippen molar-refractivity contribution in [3.8, 4) is 11.4 Å². The number of amides is 1. The number of rotatable bonds is 7. The maximum Gasteiger partial charge on any atom is 0.241 e. The zero-order valence-electron chi connectivity index (χ0n) is 15.9. The summed E-state index contributed by atoms with van der Waals surface area (Å²) >= 11 is 6.03. The van der Waals surface area contributed by atoms with E-state index in [0.717, 1.165) is 44.3 Å². The molecule has 2 heterocycles. The van der Waals surface area contributed by atoms with Gasteiger partial charge in [-0.15, -0.1) is 0 Å². The van der Waals surface area contributed by atoms with Gasteiger partial charge in [0.25, 0.3) is 0 Å². The number of aromatic nitrogens is 2. The van der Waals surface area contributed by atoms with Crippen LogP contribution in [0.2, 0.25) is 5.02 Å². The average Bonchev–Trinajstić information content (AvgIpc) is 3.10. The standard InChI is InChI=1S/C20H27ClN4O2/c1-3-6-14(2)22-20(26)16-8-5-10-25(12-16)13-18-23-19(24-27-18)15-7-4-9-17(21)11-15/h4,7,9,11,14,16H,3,5-6,8,10,12-13H2,1-2H3,(H,22,26). The van der Waals surface area contributed by atoms with Gasteiger partial charge in [0.1, 0.15) is 0 Å². The summed E-state index contributed by atoms with van der Waals surface area (Å²) in [5.74, 6) is 1.27. The van der Waals surface area contributed by atoms with Crippen molar-refractivity contribution < 1.29 is 9.32 Å². The molecule has 0 saturated carbocycles. The van der Waals surface area contributed by atoms with Crippen molar-refractivity contribution in [3.05, 3.63) is 35.2 Å². The van der Waals surface area contributed by atoms with Crippen molar-refractivity contribution in [2.45, 2.75) is 52.1 Å². The van der Waals surface area contributed by atoms with Crippen molar-refractivity contribution in [1.29, 1.82) is 0 Å². The van der Waals surface area contributed by atoms with E-state index in [1.807, 2.05) is 24.3 Å². The second kappa shape index (κ2) is 9.33. The molecule has 0 spiro atoms. The van der Waals surface area contributed by atoms with Crippen LogP contribution >= 0.6 is 11.6 Å². The number of benzene rings is 1. The molecule has 3 rings (SSSR count). The molecule has 1 amide bonds. The summed E-state index contributed by atoms with van der Waals surface area (Å²) in [7, 11) is 0. The molecule has 1 aromatic carbocycles. The van der Waals surface area contributed by atoms with Crippen molar-refractivity contribution in [2.24, 2.45) is 5.92 Å². The quantitative estimate of drug-likeness (QED) is 0.776. The smallest absolute Gasteiger partial charge is 0.241 e. The van der Waals surface area contributed by atoms with Gasteiger partial charge >= 0.3 is 0 Å². The Balaban J connectivity index is 1.57. The second-order valence-electron chi connectivity index (χ2n) is 7.29. The van der Waals surface area contributed by atoms with Crippen LogP contribution in [0, 0.1) is 5.92 Å². The molecule has 1 fully saturated rings. The number of carbonyl (C=O) groups is 1. The summed E-state index contributed by atoms with van der Waals surface area (Å²) in [4.78, 5) is 19.2. The van der Waals surface area contributed by atoms with Gasteiger partial charge in [-0.2, -0.15) is 4.98 Å². The Morgan fingerprint density at radius 1 is 1.48 bits per heavy atom. The maximum atomic E-state index is 12.5. The Bertz CT molecular complexity index is 764. The monoisotopic (exact) mass is 390 g/mol. The molecule has 1 aliphatic heterocycles. The van der Waals surface area contributed by atoms with Crippen LogP contribution in [0.1, 0.15) is 45.4 Å². The number of hydrogen-bond donors (Lipinski definition) is 1. The highest BCUT2D eigenvalue weighted by Crippen LogP contribution is 2.22. The maximum absolute atomic E-state index is 12.5. The Labute approximate surface area is 165 Å². The minimum atomic E-state index is 0.0216. The van der Waals surface area contributed by atoms with Gasteiger partial charge in [0.15, 0.2) is 0 Å². The third kappa shape index (κ3) is 5.53. The Morgan fingerprint density at radius 2 is 2.33 bits per heavy atom. The molecule has 1 aromatic heterocycles. The Kier molecular flexibility index (Phi) is 6.85. The zero-order valence-corrected chi connectivity index (χ0v) is 16.7. The van der Waals surface area contributed by atoms with Crippen molar-refractivity contribution in [3.63, 3.8) is 0 Å². The molecule has 2 aromatic rings. The average molecular weight is 391 g/mol. The minimum absolute atomic E-state index is 0.0216. The molecular weight excluding hydrogens is 364 g/mol. The molecule has 0 radical (unpaired) electrons. The minimum Gasteiger partial charge on any atom is -0.353 e. The van der Waals surface area contributed by atoms with E-state index in [-0.39, 0.29) is 17.9 Å². The zero-order chi connectivity index (χ0) is 19.2. The summed E-state index contributed by atoms with van der Waals surface area (Å²) in [6.07, 6.45) is 4.01. The molecule has 2 atom stereocenters. The molecule has 1 aliphatic rings. The van der Waals surface area contributed by atoms with Gasteiger partial charge in [0.05, 0.1) is 12.5 Å². The lowest BCUT2D eigenvalue weighted by Gasteiger charge is -2.31.